The first-order valence-electron chi connectivity index (χ1n) is 16.0. The highest BCUT2D eigenvalue weighted by atomic mass is 19.2. The van der Waals surface area contributed by atoms with Gasteiger partial charge in [-0.05, 0) is 131 Å². The van der Waals surface area contributed by atoms with Crippen molar-refractivity contribution < 1.29 is 13.5 Å². The van der Waals surface area contributed by atoms with Gasteiger partial charge in [-0.15, -0.1) is 0 Å². The molecule has 3 saturated carbocycles. The van der Waals surface area contributed by atoms with E-state index in [0.29, 0.717) is 18.1 Å². The number of hydrogen-bond donors (Lipinski definition) is 0. The van der Waals surface area contributed by atoms with E-state index in [4.69, 9.17) is 4.74 Å². The first kappa shape index (κ1) is 29.3. The van der Waals surface area contributed by atoms with Gasteiger partial charge in [-0.25, -0.2) is 4.39 Å². The van der Waals surface area contributed by atoms with Crippen molar-refractivity contribution in [1.82, 2.24) is 0 Å². The van der Waals surface area contributed by atoms with Gasteiger partial charge < -0.3 is 4.74 Å². The fraction of sp³-hybridized carbons (Fsp3) is 0.714. The van der Waals surface area contributed by atoms with Crippen LogP contribution in [0.4, 0.5) is 8.78 Å². The summed E-state index contributed by atoms with van der Waals surface area (Å²) < 4.78 is 35.7. The van der Waals surface area contributed by atoms with Gasteiger partial charge in [0.1, 0.15) is 0 Å². The van der Waals surface area contributed by atoms with Crippen LogP contribution in [0, 0.1) is 41.2 Å². The molecule has 0 atom stereocenters. The Labute approximate surface area is 231 Å². The molecule has 3 aliphatic carbocycles. The molecule has 0 aromatic heterocycles. The van der Waals surface area contributed by atoms with E-state index >= 15 is 0 Å². The zero-order valence-corrected chi connectivity index (χ0v) is 24.1. The Hall–Kier alpha value is -1.64. The van der Waals surface area contributed by atoms with E-state index in [1.165, 1.54) is 64.2 Å². The van der Waals surface area contributed by atoms with Gasteiger partial charge >= 0.3 is 0 Å². The zero-order valence-electron chi connectivity index (χ0n) is 24.1. The molecule has 38 heavy (non-hydrogen) atoms. The topological polar surface area (TPSA) is 9.23 Å². The number of allylic oxidation sites excluding steroid dienone is 4. The van der Waals surface area contributed by atoms with Gasteiger partial charge in [0.2, 0.25) is 5.82 Å². The lowest BCUT2D eigenvalue weighted by Gasteiger charge is -2.29. The molecule has 1 aromatic carbocycles. The first-order chi connectivity index (χ1) is 18.6. The predicted molar refractivity (Wildman–Crippen MR) is 156 cm³/mol. The van der Waals surface area contributed by atoms with Gasteiger partial charge in [0.15, 0.2) is 11.6 Å². The summed E-state index contributed by atoms with van der Waals surface area (Å²) in [5.74, 6) is 2.37. The fourth-order valence-electron chi connectivity index (χ4n) is 7.46. The van der Waals surface area contributed by atoms with Gasteiger partial charge in [-0.1, -0.05) is 63.0 Å². The Bertz CT molecular complexity index is 881. The van der Waals surface area contributed by atoms with E-state index in [0.717, 1.165) is 62.2 Å². The van der Waals surface area contributed by atoms with Crippen LogP contribution >= 0.6 is 0 Å². The molecule has 0 saturated heterocycles. The van der Waals surface area contributed by atoms with Gasteiger partial charge in [0, 0.05) is 0 Å². The Kier molecular flexibility index (Phi) is 11.8. The smallest absolute Gasteiger partial charge is 0.200 e. The molecule has 0 amide bonds. The highest BCUT2D eigenvalue weighted by molar-refractivity contribution is 5.33. The molecular formula is C35H52F2O. The Balaban J connectivity index is 1.14. The summed E-state index contributed by atoms with van der Waals surface area (Å²) in [6.07, 6.45) is 28.7. The van der Waals surface area contributed by atoms with Gasteiger partial charge in [0.25, 0.3) is 0 Å². The van der Waals surface area contributed by atoms with E-state index in [9.17, 15) is 8.78 Å². The third kappa shape index (κ3) is 8.43. The summed E-state index contributed by atoms with van der Waals surface area (Å²) in [6, 6.07) is 3.47. The summed E-state index contributed by atoms with van der Waals surface area (Å²) in [7, 11) is 0. The largest absolute Gasteiger partial charge is 0.490 e. The van der Waals surface area contributed by atoms with Crippen molar-refractivity contribution in [3.05, 3.63) is 53.6 Å². The Morgan fingerprint density at radius 2 is 1.34 bits per heavy atom. The van der Waals surface area contributed by atoms with Crippen LogP contribution in [0.2, 0.25) is 0 Å². The van der Waals surface area contributed by atoms with Crippen molar-refractivity contribution in [2.75, 3.05) is 6.61 Å². The third-order valence-corrected chi connectivity index (χ3v) is 9.93. The maximum Gasteiger partial charge on any atom is 0.200 e. The van der Waals surface area contributed by atoms with E-state index in [1.807, 2.05) is 0 Å². The van der Waals surface area contributed by atoms with Crippen LogP contribution in [0.5, 0.6) is 5.75 Å². The normalized spacial score (nSPS) is 30.7. The average Bonchev–Trinajstić information content (AvgIpc) is 2.94. The van der Waals surface area contributed by atoms with Crippen LogP contribution < -0.4 is 4.74 Å². The van der Waals surface area contributed by atoms with E-state index in [2.05, 4.69) is 38.2 Å². The van der Waals surface area contributed by atoms with Gasteiger partial charge in [-0.2, -0.15) is 4.39 Å². The number of rotatable bonds is 11. The lowest BCUT2D eigenvalue weighted by atomic mass is 9.77. The van der Waals surface area contributed by atoms with E-state index < -0.39 is 11.6 Å². The highest BCUT2D eigenvalue weighted by Crippen LogP contribution is 2.40. The monoisotopic (exact) mass is 526 g/mol. The summed E-state index contributed by atoms with van der Waals surface area (Å²) in [6.45, 7) is 4.86. The SMILES string of the molecule is C/C=C/C1CCC(/C=C/CCC2CCC(COc3ccc(C4CCC(CCC)CC4)c(F)c3F)CC2)CC1. The summed E-state index contributed by atoms with van der Waals surface area (Å²) in [5, 5.41) is 0. The molecule has 1 nitrogen and oxygen atoms in total. The third-order valence-electron chi connectivity index (χ3n) is 9.93. The number of hydrogen-bond acceptors (Lipinski definition) is 1. The van der Waals surface area contributed by atoms with Crippen molar-refractivity contribution in [2.45, 2.75) is 122 Å². The maximum absolute atomic E-state index is 15.0. The van der Waals surface area contributed by atoms with Crippen LogP contribution in [0.1, 0.15) is 128 Å². The van der Waals surface area contributed by atoms with Crippen molar-refractivity contribution in [3.63, 3.8) is 0 Å². The summed E-state index contributed by atoms with van der Waals surface area (Å²) >= 11 is 0. The van der Waals surface area contributed by atoms with Crippen molar-refractivity contribution in [1.29, 1.82) is 0 Å². The molecule has 3 heteroatoms. The number of halogens is 2. The van der Waals surface area contributed by atoms with Crippen LogP contribution in [0.15, 0.2) is 36.4 Å². The molecule has 3 aliphatic rings. The Morgan fingerprint density at radius 3 is 2.00 bits per heavy atom. The lowest BCUT2D eigenvalue weighted by molar-refractivity contribution is 0.174. The quantitative estimate of drug-likeness (QED) is 0.261. The molecule has 0 radical (unpaired) electrons. The van der Waals surface area contributed by atoms with Crippen LogP contribution in [-0.4, -0.2) is 6.61 Å². The van der Waals surface area contributed by atoms with Crippen molar-refractivity contribution in [3.8, 4) is 5.75 Å². The molecule has 0 aliphatic heterocycles. The van der Waals surface area contributed by atoms with Crippen LogP contribution in [-0.2, 0) is 0 Å². The highest BCUT2D eigenvalue weighted by Gasteiger charge is 2.27. The molecule has 0 heterocycles. The summed E-state index contributed by atoms with van der Waals surface area (Å²) in [5.41, 5.74) is 0.556. The first-order valence-corrected chi connectivity index (χ1v) is 16.0. The number of benzene rings is 1. The molecule has 0 bridgehead atoms. The minimum absolute atomic E-state index is 0.0953. The van der Waals surface area contributed by atoms with E-state index in [1.54, 1.807) is 12.1 Å². The second-order valence-corrected chi connectivity index (χ2v) is 12.7. The van der Waals surface area contributed by atoms with Crippen LogP contribution in [0.25, 0.3) is 0 Å². The van der Waals surface area contributed by atoms with Gasteiger partial charge in [0.05, 0.1) is 6.61 Å². The molecule has 1 aromatic rings. The molecule has 4 rings (SSSR count). The average molecular weight is 527 g/mol. The number of ether oxygens (including phenoxy) is 1. The standard InChI is InChI=1S/C35H52F2O/c1-3-7-26-11-13-28(14-12-26)9-5-6-10-29-15-17-30(18-16-29)25-38-33-24-23-32(34(36)35(33)37)31-21-19-27(8-4-2)20-22-31/h3,5,7,9,23-24,26-31H,4,6,8,10-22,25H2,1-2H3/b7-3+,9-5+. The van der Waals surface area contributed by atoms with Gasteiger partial charge in [-0.3, -0.25) is 0 Å². The Morgan fingerprint density at radius 1 is 0.737 bits per heavy atom. The molecule has 0 N–H and O–H groups in total. The zero-order chi connectivity index (χ0) is 26.7. The van der Waals surface area contributed by atoms with E-state index in [-0.39, 0.29) is 11.7 Å². The maximum atomic E-state index is 15.0. The molecular weight excluding hydrogens is 474 g/mol. The minimum Gasteiger partial charge on any atom is -0.490 e. The summed E-state index contributed by atoms with van der Waals surface area (Å²) in [4.78, 5) is 0. The predicted octanol–water partition coefficient (Wildman–Crippen LogP) is 10.9. The molecule has 212 valence electrons. The van der Waals surface area contributed by atoms with Crippen molar-refractivity contribution in [2.24, 2.45) is 29.6 Å². The van der Waals surface area contributed by atoms with Crippen LogP contribution in [0.3, 0.4) is 0 Å². The molecule has 0 unspecified atom stereocenters. The molecule has 3 fully saturated rings. The molecule has 0 spiro atoms. The minimum atomic E-state index is -0.783. The second-order valence-electron chi connectivity index (χ2n) is 12.7. The fourth-order valence-corrected chi connectivity index (χ4v) is 7.46. The lowest BCUT2D eigenvalue weighted by Crippen LogP contribution is -2.20. The van der Waals surface area contributed by atoms with Crippen molar-refractivity contribution >= 4 is 0 Å². The second kappa shape index (κ2) is 15.2.